The van der Waals surface area contributed by atoms with Crippen LogP contribution in [0.25, 0.3) is 0 Å². The molecule has 0 spiro atoms. The summed E-state index contributed by atoms with van der Waals surface area (Å²) in [6.45, 7) is 23.9. The van der Waals surface area contributed by atoms with Gasteiger partial charge >= 0.3 is 17.9 Å². The van der Waals surface area contributed by atoms with E-state index in [1.165, 1.54) is 12.0 Å². The second-order valence-electron chi connectivity index (χ2n) is 19.5. The van der Waals surface area contributed by atoms with Crippen LogP contribution in [0.4, 0.5) is 0 Å². The van der Waals surface area contributed by atoms with Gasteiger partial charge in [0, 0.05) is 11.8 Å². The zero-order valence-electron chi connectivity index (χ0n) is 31.3. The lowest BCUT2D eigenvalue weighted by atomic mass is 9.32. The molecule has 6 rings (SSSR count). The van der Waals surface area contributed by atoms with E-state index in [0.717, 1.165) is 64.2 Å². The highest BCUT2D eigenvalue weighted by atomic mass is 16.6. The third kappa shape index (κ3) is 5.50. The molecule has 1 N–H and O–H groups in total. The van der Waals surface area contributed by atoms with Crippen LogP contribution in [0.1, 0.15) is 139 Å². The Morgan fingerprint density at radius 1 is 0.833 bits per heavy atom. The van der Waals surface area contributed by atoms with Crippen molar-refractivity contribution in [2.24, 2.45) is 62.1 Å². The SMILES string of the molecule is C=C(C)[C@@H]1CC[C@]2(C(=O)OC3CCOC3)CC[C@]3(C)[C@H](CC[C@@H]4[C@@]5(C)CC[C@H](OC(=O)CC(C)(C)CC(=O)O)C(C)(C)[C@@H]5CC[C@]43C)[C@@H]12. The minimum absolute atomic E-state index is 0.0395. The number of aliphatic carboxylic acids is 1. The predicted octanol–water partition coefficient (Wildman–Crippen LogP) is 8.78. The summed E-state index contributed by atoms with van der Waals surface area (Å²) in [4.78, 5) is 38.8. The van der Waals surface area contributed by atoms with Crippen molar-refractivity contribution in [1.29, 1.82) is 0 Å². The van der Waals surface area contributed by atoms with Crippen molar-refractivity contribution in [2.45, 2.75) is 151 Å². The van der Waals surface area contributed by atoms with Crippen LogP contribution in [0.5, 0.6) is 0 Å². The first kappa shape index (κ1) is 35.9. The average Bonchev–Trinajstić information content (AvgIpc) is 3.62. The Bertz CT molecular complexity index is 1310. The highest BCUT2D eigenvalue weighted by molar-refractivity contribution is 5.78. The third-order valence-electron chi connectivity index (χ3n) is 16.1. The molecule has 1 heterocycles. The lowest BCUT2D eigenvalue weighted by Gasteiger charge is -2.72. The molecule has 7 heteroatoms. The number of hydrogen-bond acceptors (Lipinski definition) is 6. The molecule has 5 saturated carbocycles. The number of carboxylic acids is 1. The van der Waals surface area contributed by atoms with Crippen LogP contribution in [-0.4, -0.2) is 48.4 Å². The fourth-order valence-electron chi connectivity index (χ4n) is 13.6. The van der Waals surface area contributed by atoms with Gasteiger partial charge in [-0.15, -0.1) is 0 Å². The fraction of sp³-hybridized carbons (Fsp3) is 0.878. The highest BCUT2D eigenvalue weighted by Gasteiger charge is 2.72. The second-order valence-corrected chi connectivity index (χ2v) is 19.5. The van der Waals surface area contributed by atoms with E-state index in [2.05, 4.69) is 48.1 Å². The second kappa shape index (κ2) is 12.1. The Balaban J connectivity index is 1.24. The molecule has 270 valence electrons. The summed E-state index contributed by atoms with van der Waals surface area (Å²) in [7, 11) is 0. The molecule has 0 amide bonds. The van der Waals surface area contributed by atoms with Crippen LogP contribution in [-0.2, 0) is 28.6 Å². The summed E-state index contributed by atoms with van der Waals surface area (Å²) in [5.74, 6) is 0.979. The molecule has 0 bridgehead atoms. The van der Waals surface area contributed by atoms with Gasteiger partial charge in [0.2, 0.25) is 0 Å². The monoisotopic (exact) mass is 668 g/mol. The molecule has 1 saturated heterocycles. The van der Waals surface area contributed by atoms with Gasteiger partial charge in [0.1, 0.15) is 12.2 Å². The van der Waals surface area contributed by atoms with Crippen molar-refractivity contribution in [3.05, 3.63) is 12.2 Å². The Morgan fingerprint density at radius 3 is 2.21 bits per heavy atom. The number of fused-ring (bicyclic) bond motifs is 7. The summed E-state index contributed by atoms with van der Waals surface area (Å²) in [6, 6.07) is 0. The lowest BCUT2D eigenvalue weighted by molar-refractivity contribution is -0.251. The molecule has 7 nitrogen and oxygen atoms in total. The minimum Gasteiger partial charge on any atom is -0.481 e. The zero-order chi connectivity index (χ0) is 35.1. The summed E-state index contributed by atoms with van der Waals surface area (Å²) in [5, 5.41) is 9.32. The standard InChI is InChI=1S/C41H64O7/c1-25(2)27-12-18-41(35(45)47-26-15-21-46-24-26)20-19-39(8)28(34(27)41)10-11-30-38(7)16-14-31(37(5,6)29(38)13-17-40(30,39)9)48-33(44)23-36(3,4)22-32(42)43/h26-31,34H,1,10-24H2,2-9H3,(H,42,43)/t26?,27-,28+,29-,30+,31-,34+,38-,39+,40+,41-/m0/s1. The van der Waals surface area contributed by atoms with Gasteiger partial charge in [-0.2, -0.15) is 0 Å². The number of allylic oxidation sites excluding steroid dienone is 1. The van der Waals surface area contributed by atoms with E-state index in [-0.39, 0.29) is 64.6 Å². The van der Waals surface area contributed by atoms with E-state index in [1.807, 2.05) is 13.8 Å². The van der Waals surface area contributed by atoms with Crippen LogP contribution in [0.2, 0.25) is 0 Å². The zero-order valence-corrected chi connectivity index (χ0v) is 31.3. The number of esters is 2. The molecule has 0 aromatic heterocycles. The Morgan fingerprint density at radius 2 is 1.56 bits per heavy atom. The summed E-state index contributed by atoms with van der Waals surface area (Å²) < 4.78 is 18.1. The number of hydrogen-bond donors (Lipinski definition) is 1. The molecule has 0 aromatic rings. The van der Waals surface area contributed by atoms with Gasteiger partial charge < -0.3 is 19.3 Å². The van der Waals surface area contributed by atoms with Gasteiger partial charge in [-0.25, -0.2) is 0 Å². The largest absolute Gasteiger partial charge is 0.481 e. The summed E-state index contributed by atoms with van der Waals surface area (Å²) in [5.41, 5.74) is 0.407. The van der Waals surface area contributed by atoms with E-state index in [9.17, 15) is 19.5 Å². The van der Waals surface area contributed by atoms with E-state index < -0.39 is 16.8 Å². The van der Waals surface area contributed by atoms with Crippen LogP contribution >= 0.6 is 0 Å². The minimum atomic E-state index is -0.888. The summed E-state index contributed by atoms with van der Waals surface area (Å²) in [6.07, 6.45) is 11.0. The van der Waals surface area contributed by atoms with Gasteiger partial charge in [0.05, 0.1) is 31.5 Å². The molecular weight excluding hydrogens is 604 g/mol. The van der Waals surface area contributed by atoms with Crippen molar-refractivity contribution in [2.75, 3.05) is 13.2 Å². The van der Waals surface area contributed by atoms with E-state index in [4.69, 9.17) is 14.2 Å². The Labute approximate surface area is 289 Å². The molecule has 1 unspecified atom stereocenters. The molecule has 5 aliphatic carbocycles. The number of carbonyl (C=O) groups is 3. The predicted molar refractivity (Wildman–Crippen MR) is 185 cm³/mol. The molecule has 0 radical (unpaired) electrons. The molecule has 1 aliphatic heterocycles. The lowest BCUT2D eigenvalue weighted by Crippen LogP contribution is -2.67. The number of carbonyl (C=O) groups excluding carboxylic acids is 2. The Kier molecular flexibility index (Phi) is 9.07. The maximum atomic E-state index is 14.2. The molecule has 6 aliphatic rings. The molecule has 0 aromatic carbocycles. The first-order valence-electron chi connectivity index (χ1n) is 19.2. The van der Waals surface area contributed by atoms with Crippen LogP contribution in [0.15, 0.2) is 12.2 Å². The van der Waals surface area contributed by atoms with Gasteiger partial charge in [-0.1, -0.05) is 60.6 Å². The smallest absolute Gasteiger partial charge is 0.312 e. The molecule has 6 fully saturated rings. The summed E-state index contributed by atoms with van der Waals surface area (Å²) >= 11 is 0. The maximum absolute atomic E-state index is 14.2. The fourth-order valence-corrected chi connectivity index (χ4v) is 13.6. The highest BCUT2D eigenvalue weighted by Crippen LogP contribution is 2.77. The first-order valence-corrected chi connectivity index (χ1v) is 19.2. The van der Waals surface area contributed by atoms with Crippen LogP contribution < -0.4 is 0 Å². The number of ether oxygens (including phenoxy) is 3. The van der Waals surface area contributed by atoms with Crippen molar-refractivity contribution in [3.8, 4) is 0 Å². The Hall–Kier alpha value is -1.89. The van der Waals surface area contributed by atoms with E-state index in [1.54, 1.807) is 0 Å². The van der Waals surface area contributed by atoms with E-state index in [0.29, 0.717) is 36.9 Å². The number of carboxylic acid groups (broad SMARTS) is 1. The van der Waals surface area contributed by atoms with Crippen molar-refractivity contribution < 1.29 is 33.7 Å². The molecule has 48 heavy (non-hydrogen) atoms. The van der Waals surface area contributed by atoms with E-state index >= 15 is 0 Å². The normalized spacial score (nSPS) is 44.8. The average molecular weight is 669 g/mol. The topological polar surface area (TPSA) is 99.1 Å². The van der Waals surface area contributed by atoms with Crippen LogP contribution in [0, 0.1) is 62.1 Å². The molecular formula is C41H64O7. The van der Waals surface area contributed by atoms with Gasteiger partial charge in [-0.05, 0) is 122 Å². The van der Waals surface area contributed by atoms with Gasteiger partial charge in [0.15, 0.2) is 0 Å². The van der Waals surface area contributed by atoms with Gasteiger partial charge in [-0.3, -0.25) is 14.4 Å². The van der Waals surface area contributed by atoms with Crippen molar-refractivity contribution in [3.63, 3.8) is 0 Å². The maximum Gasteiger partial charge on any atom is 0.312 e. The van der Waals surface area contributed by atoms with Crippen LogP contribution in [0.3, 0.4) is 0 Å². The van der Waals surface area contributed by atoms with Gasteiger partial charge in [0.25, 0.3) is 0 Å². The van der Waals surface area contributed by atoms with Crippen molar-refractivity contribution in [1.82, 2.24) is 0 Å². The van der Waals surface area contributed by atoms with Crippen molar-refractivity contribution >= 4 is 17.9 Å². The number of rotatable bonds is 8. The molecule has 11 atom stereocenters. The quantitative estimate of drug-likeness (QED) is 0.204. The first-order chi connectivity index (χ1) is 22.3. The third-order valence-corrected chi connectivity index (χ3v) is 16.1.